The summed E-state index contributed by atoms with van der Waals surface area (Å²) in [6.45, 7) is 3.83. The maximum atomic E-state index is 5.01. The second-order valence-corrected chi connectivity index (χ2v) is 1.36. The molecule has 0 atom stereocenters. The monoisotopic (exact) mass is 131 g/mol. The number of ether oxygens (including phenoxy) is 1. The topological polar surface area (TPSA) is 52.8 Å². The van der Waals surface area contributed by atoms with Crippen LogP contribution in [0.15, 0.2) is 0 Å². The Labute approximate surface area is 65.2 Å². The minimum Gasteiger partial charge on any atom is -0.412 e. The third-order valence-corrected chi connectivity index (χ3v) is 0.846. The summed E-state index contributed by atoms with van der Waals surface area (Å²) in [7, 11) is 0. The summed E-state index contributed by atoms with van der Waals surface area (Å²) in [6.07, 6.45) is 0. The van der Waals surface area contributed by atoms with Crippen LogP contribution in [0.1, 0.15) is 0 Å². The lowest BCUT2D eigenvalue weighted by Gasteiger charge is -2.10. The van der Waals surface area contributed by atoms with E-state index in [2.05, 4.69) is 5.32 Å². The molecule has 0 aliphatic carbocycles. The van der Waals surface area contributed by atoms with E-state index < -0.39 is 0 Å². The maximum Gasteiger partial charge on any atom is 0.316 e. The molecule has 3 nitrogen and oxygen atoms in total. The first-order chi connectivity index (χ1) is 3.00. The standard InChI is InChI=1S/C4H9NO.Mg.H2O.2H/c1-3-6-4-2-5-1;;;;/h5H,1-4H2;;1H2;;. The molecule has 1 aliphatic heterocycles. The third kappa shape index (κ3) is 4.80. The molecule has 0 aromatic carbocycles. The lowest BCUT2D eigenvalue weighted by Crippen LogP contribution is -2.30. The van der Waals surface area contributed by atoms with E-state index >= 15 is 0 Å². The van der Waals surface area contributed by atoms with Crippen molar-refractivity contribution in [2.45, 2.75) is 0 Å². The van der Waals surface area contributed by atoms with Crippen LogP contribution in [0, 0.1) is 0 Å². The van der Waals surface area contributed by atoms with Gasteiger partial charge in [0.1, 0.15) is 0 Å². The zero-order valence-electron chi connectivity index (χ0n) is 4.24. The normalized spacial score (nSPS) is 18.0. The average Bonchev–Trinajstić information content (AvgIpc) is 1.72. The second-order valence-electron chi connectivity index (χ2n) is 1.36. The van der Waals surface area contributed by atoms with E-state index in [0.29, 0.717) is 0 Å². The minimum absolute atomic E-state index is 0. The Kier molecular flexibility index (Phi) is 10.9. The second kappa shape index (κ2) is 7.65. The van der Waals surface area contributed by atoms with Gasteiger partial charge in [0.15, 0.2) is 0 Å². The van der Waals surface area contributed by atoms with Crippen molar-refractivity contribution < 1.29 is 10.2 Å². The van der Waals surface area contributed by atoms with Crippen LogP contribution in [-0.4, -0.2) is 54.8 Å². The van der Waals surface area contributed by atoms with Crippen LogP contribution in [0.4, 0.5) is 0 Å². The molecule has 0 aromatic rings. The highest BCUT2D eigenvalue weighted by molar-refractivity contribution is 5.75. The highest BCUT2D eigenvalue weighted by Gasteiger charge is 1.92. The summed E-state index contributed by atoms with van der Waals surface area (Å²) in [6, 6.07) is 0. The Bertz CT molecular complexity index is 29.5. The first kappa shape index (κ1) is 11.4. The Morgan fingerprint density at radius 2 is 1.62 bits per heavy atom. The van der Waals surface area contributed by atoms with Crippen LogP contribution in [0.5, 0.6) is 0 Å². The van der Waals surface area contributed by atoms with Crippen molar-refractivity contribution in [3.05, 3.63) is 0 Å². The van der Waals surface area contributed by atoms with E-state index in [1.165, 1.54) is 0 Å². The van der Waals surface area contributed by atoms with Crippen LogP contribution < -0.4 is 5.32 Å². The van der Waals surface area contributed by atoms with E-state index in [1.54, 1.807) is 0 Å². The summed E-state index contributed by atoms with van der Waals surface area (Å²) in [5.41, 5.74) is 0. The summed E-state index contributed by atoms with van der Waals surface area (Å²) in [5, 5.41) is 3.16. The smallest absolute Gasteiger partial charge is 0.316 e. The van der Waals surface area contributed by atoms with Crippen LogP contribution >= 0.6 is 0 Å². The van der Waals surface area contributed by atoms with Gasteiger partial charge in [-0.15, -0.1) is 0 Å². The Balaban J connectivity index is 0. The molecule has 4 heteroatoms. The number of morpholine rings is 1. The zero-order chi connectivity index (χ0) is 4.24. The molecule has 0 unspecified atom stereocenters. The van der Waals surface area contributed by atoms with Gasteiger partial charge in [-0.25, -0.2) is 0 Å². The van der Waals surface area contributed by atoms with Gasteiger partial charge in [-0.05, 0) is 0 Å². The van der Waals surface area contributed by atoms with Gasteiger partial charge in [0.25, 0.3) is 0 Å². The molecule has 0 aromatic heterocycles. The highest BCUT2D eigenvalue weighted by atomic mass is 24.3. The molecule has 1 rings (SSSR count). The largest absolute Gasteiger partial charge is 0.412 e. The van der Waals surface area contributed by atoms with Gasteiger partial charge in [-0.2, -0.15) is 0 Å². The van der Waals surface area contributed by atoms with Crippen LogP contribution in [0.25, 0.3) is 0 Å². The van der Waals surface area contributed by atoms with E-state index in [-0.39, 0.29) is 28.5 Å². The third-order valence-electron chi connectivity index (χ3n) is 0.846. The lowest BCUT2D eigenvalue weighted by molar-refractivity contribution is 0.109. The molecule has 1 fully saturated rings. The van der Waals surface area contributed by atoms with Crippen molar-refractivity contribution in [3.8, 4) is 0 Å². The molecule has 0 saturated carbocycles. The maximum absolute atomic E-state index is 5.01. The van der Waals surface area contributed by atoms with Gasteiger partial charge in [-0.3, -0.25) is 0 Å². The summed E-state index contributed by atoms with van der Waals surface area (Å²) in [5.74, 6) is 0. The molecule has 0 amide bonds. The van der Waals surface area contributed by atoms with Gasteiger partial charge >= 0.3 is 23.1 Å². The van der Waals surface area contributed by atoms with E-state index in [1.807, 2.05) is 0 Å². The van der Waals surface area contributed by atoms with Crippen molar-refractivity contribution in [1.82, 2.24) is 5.32 Å². The van der Waals surface area contributed by atoms with E-state index in [9.17, 15) is 0 Å². The van der Waals surface area contributed by atoms with E-state index in [0.717, 1.165) is 26.3 Å². The molecule has 0 spiro atoms. The fourth-order valence-electron chi connectivity index (χ4n) is 0.516. The molecular weight excluding hydrogens is 118 g/mol. The fourth-order valence-corrected chi connectivity index (χ4v) is 0.516. The Morgan fingerprint density at radius 1 is 1.12 bits per heavy atom. The Morgan fingerprint density at radius 3 is 1.75 bits per heavy atom. The molecule has 3 N–H and O–H groups in total. The van der Waals surface area contributed by atoms with E-state index in [4.69, 9.17) is 4.74 Å². The molecule has 8 heavy (non-hydrogen) atoms. The summed E-state index contributed by atoms with van der Waals surface area (Å²) >= 11 is 0. The number of nitrogens with one attached hydrogen (secondary N) is 1. The fraction of sp³-hybridized carbons (Fsp3) is 1.00. The van der Waals surface area contributed by atoms with Gasteiger partial charge in [-0.1, -0.05) is 0 Å². The van der Waals surface area contributed by atoms with Crippen molar-refractivity contribution in [2.75, 3.05) is 26.3 Å². The molecule has 1 heterocycles. The van der Waals surface area contributed by atoms with Crippen LogP contribution in [-0.2, 0) is 4.74 Å². The zero-order valence-corrected chi connectivity index (χ0v) is 4.24. The number of hydrogen-bond acceptors (Lipinski definition) is 2. The average molecular weight is 131 g/mol. The summed E-state index contributed by atoms with van der Waals surface area (Å²) in [4.78, 5) is 0. The predicted molar refractivity (Wildman–Crippen MR) is 35.8 cm³/mol. The first-order valence-corrected chi connectivity index (χ1v) is 2.28. The minimum atomic E-state index is 0. The molecule has 1 saturated heterocycles. The number of hydrogen-bond donors (Lipinski definition) is 1. The molecule has 0 bridgehead atoms. The molecule has 1 aliphatic rings. The van der Waals surface area contributed by atoms with Gasteiger partial charge < -0.3 is 15.5 Å². The molecular formula is C4H13MgNO2. The van der Waals surface area contributed by atoms with Gasteiger partial charge in [0.2, 0.25) is 0 Å². The van der Waals surface area contributed by atoms with Crippen LogP contribution in [0.2, 0.25) is 0 Å². The van der Waals surface area contributed by atoms with Crippen LogP contribution in [0.3, 0.4) is 0 Å². The highest BCUT2D eigenvalue weighted by Crippen LogP contribution is 1.76. The van der Waals surface area contributed by atoms with Gasteiger partial charge in [0.05, 0.1) is 13.2 Å². The van der Waals surface area contributed by atoms with Crippen molar-refractivity contribution in [2.24, 2.45) is 0 Å². The van der Waals surface area contributed by atoms with Gasteiger partial charge in [0, 0.05) is 13.1 Å². The van der Waals surface area contributed by atoms with Crippen molar-refractivity contribution >= 4 is 23.1 Å². The number of rotatable bonds is 0. The molecule has 48 valence electrons. The Hall–Kier alpha value is 0.646. The lowest BCUT2D eigenvalue weighted by atomic mass is 10.5. The SMILES string of the molecule is C1COCCN1.O.[MgH2]. The quantitative estimate of drug-likeness (QED) is 0.382. The van der Waals surface area contributed by atoms with Crippen molar-refractivity contribution in [3.63, 3.8) is 0 Å². The first-order valence-electron chi connectivity index (χ1n) is 2.28. The predicted octanol–water partition coefficient (Wildman–Crippen LogP) is -2.13. The van der Waals surface area contributed by atoms with Crippen molar-refractivity contribution in [1.29, 1.82) is 0 Å². The summed E-state index contributed by atoms with van der Waals surface area (Å²) < 4.78 is 5.01. The molecule has 0 radical (unpaired) electrons.